The summed E-state index contributed by atoms with van der Waals surface area (Å²) in [7, 11) is 1.86. The number of benzene rings is 1. The van der Waals surface area contributed by atoms with Gasteiger partial charge in [-0.15, -0.1) is 12.4 Å². The summed E-state index contributed by atoms with van der Waals surface area (Å²) in [6.45, 7) is 0.572. The van der Waals surface area contributed by atoms with Gasteiger partial charge in [0, 0.05) is 16.6 Å². The predicted octanol–water partition coefficient (Wildman–Crippen LogP) is 2.17. The molecule has 0 bridgehead atoms. The molecule has 0 saturated carbocycles. The number of fused-ring (bicyclic) bond motifs is 1. The molecule has 90 valence electrons. The van der Waals surface area contributed by atoms with Crippen LogP contribution in [0.2, 0.25) is 5.02 Å². The minimum atomic E-state index is -0.515. The Morgan fingerprint density at radius 2 is 2.25 bits per heavy atom. The zero-order chi connectivity index (χ0) is 10.8. The summed E-state index contributed by atoms with van der Waals surface area (Å²) in [6, 6.07) is 5.51. The van der Waals surface area contributed by atoms with Crippen LogP contribution < -0.4 is 10.1 Å². The molecule has 2 unspecified atom stereocenters. The van der Waals surface area contributed by atoms with Crippen molar-refractivity contribution in [1.82, 2.24) is 5.32 Å². The number of halogens is 2. The van der Waals surface area contributed by atoms with Gasteiger partial charge in [0.15, 0.2) is 0 Å². The summed E-state index contributed by atoms with van der Waals surface area (Å²) in [5.74, 6) is 0.727. The Bertz CT molecular complexity index is 360. The largest absolute Gasteiger partial charge is 0.492 e. The number of nitrogens with one attached hydrogen (secondary N) is 1. The van der Waals surface area contributed by atoms with E-state index < -0.39 is 6.10 Å². The zero-order valence-corrected chi connectivity index (χ0v) is 10.5. The third kappa shape index (κ3) is 2.80. The van der Waals surface area contributed by atoms with Gasteiger partial charge in [-0.3, -0.25) is 0 Å². The van der Waals surface area contributed by atoms with E-state index in [2.05, 4.69) is 5.32 Å². The minimum Gasteiger partial charge on any atom is -0.492 e. The van der Waals surface area contributed by atoms with E-state index in [1.165, 1.54) is 0 Å². The highest BCUT2D eigenvalue weighted by atomic mass is 35.5. The van der Waals surface area contributed by atoms with E-state index >= 15 is 0 Å². The average Bonchev–Trinajstić information content (AvgIpc) is 2.39. The highest BCUT2D eigenvalue weighted by molar-refractivity contribution is 6.30. The van der Waals surface area contributed by atoms with E-state index in [4.69, 9.17) is 16.3 Å². The van der Waals surface area contributed by atoms with Crippen LogP contribution in [0.3, 0.4) is 0 Å². The Morgan fingerprint density at radius 3 is 2.94 bits per heavy atom. The summed E-state index contributed by atoms with van der Waals surface area (Å²) in [6.07, 6.45) is 0.128. The Balaban J connectivity index is 0.00000128. The maximum atomic E-state index is 9.99. The molecule has 3 nitrogen and oxygen atoms in total. The number of likely N-dealkylation sites (N-methyl/N-ethyl adjacent to an activating group) is 1. The van der Waals surface area contributed by atoms with Gasteiger partial charge in [-0.2, -0.15) is 0 Å². The molecule has 0 spiro atoms. The zero-order valence-electron chi connectivity index (χ0n) is 8.94. The number of aliphatic hydroxyl groups excluding tert-OH is 1. The lowest BCUT2D eigenvalue weighted by Crippen LogP contribution is -2.31. The SMILES string of the molecule is CNC1COc2ccc(Cl)cc2C(O)C1.Cl. The molecule has 2 rings (SSSR count). The van der Waals surface area contributed by atoms with Crippen molar-refractivity contribution in [3.8, 4) is 5.75 Å². The average molecular weight is 264 g/mol. The summed E-state index contributed by atoms with van der Waals surface area (Å²) in [4.78, 5) is 0. The molecule has 0 fully saturated rings. The molecule has 1 aliphatic rings. The highest BCUT2D eigenvalue weighted by Gasteiger charge is 2.23. The molecule has 2 N–H and O–H groups in total. The van der Waals surface area contributed by atoms with E-state index in [0.29, 0.717) is 18.1 Å². The topological polar surface area (TPSA) is 41.5 Å². The van der Waals surface area contributed by atoms with Gasteiger partial charge in [0.05, 0.1) is 6.10 Å². The lowest BCUT2D eigenvalue weighted by molar-refractivity contribution is 0.153. The third-order valence-electron chi connectivity index (χ3n) is 2.69. The first-order valence-corrected chi connectivity index (χ1v) is 5.36. The van der Waals surface area contributed by atoms with E-state index in [-0.39, 0.29) is 18.4 Å². The van der Waals surface area contributed by atoms with Crippen molar-refractivity contribution >= 4 is 24.0 Å². The first-order chi connectivity index (χ1) is 7.20. The number of hydrogen-bond donors (Lipinski definition) is 2. The molecule has 1 aromatic rings. The quantitative estimate of drug-likeness (QED) is 0.816. The number of ether oxygens (including phenoxy) is 1. The van der Waals surface area contributed by atoms with Crippen LogP contribution in [-0.2, 0) is 0 Å². The van der Waals surface area contributed by atoms with Crippen LogP contribution in [0, 0.1) is 0 Å². The smallest absolute Gasteiger partial charge is 0.125 e. The van der Waals surface area contributed by atoms with Crippen molar-refractivity contribution < 1.29 is 9.84 Å². The van der Waals surface area contributed by atoms with Crippen LogP contribution in [0.1, 0.15) is 18.1 Å². The maximum absolute atomic E-state index is 9.99. The molecule has 5 heteroatoms. The van der Waals surface area contributed by atoms with Gasteiger partial charge in [-0.05, 0) is 31.7 Å². The molecule has 0 amide bonds. The van der Waals surface area contributed by atoms with Crippen molar-refractivity contribution in [2.75, 3.05) is 13.7 Å². The van der Waals surface area contributed by atoms with E-state index in [0.717, 1.165) is 11.3 Å². The second-order valence-electron chi connectivity index (χ2n) is 3.73. The second-order valence-corrected chi connectivity index (χ2v) is 4.17. The first kappa shape index (κ1) is 13.6. The van der Waals surface area contributed by atoms with Gasteiger partial charge in [-0.25, -0.2) is 0 Å². The number of rotatable bonds is 1. The van der Waals surface area contributed by atoms with Crippen LogP contribution >= 0.6 is 24.0 Å². The lowest BCUT2D eigenvalue weighted by Gasteiger charge is -2.14. The standard InChI is InChI=1S/C11H14ClNO2.ClH/c1-13-8-5-10(14)9-4-7(12)2-3-11(9)15-6-8;/h2-4,8,10,13-14H,5-6H2,1H3;1H. The number of aliphatic hydroxyl groups is 1. The minimum absolute atomic E-state index is 0. The molecule has 1 aromatic carbocycles. The fourth-order valence-corrected chi connectivity index (χ4v) is 1.95. The Kier molecular flexibility index (Phi) is 4.87. The monoisotopic (exact) mass is 263 g/mol. The van der Waals surface area contributed by atoms with Crippen LogP contribution in [0.5, 0.6) is 5.75 Å². The highest BCUT2D eigenvalue weighted by Crippen LogP contribution is 2.33. The van der Waals surface area contributed by atoms with Gasteiger partial charge in [0.2, 0.25) is 0 Å². The Morgan fingerprint density at radius 1 is 1.50 bits per heavy atom. The van der Waals surface area contributed by atoms with Gasteiger partial charge in [0.1, 0.15) is 12.4 Å². The predicted molar refractivity (Wildman–Crippen MR) is 66.6 cm³/mol. The van der Waals surface area contributed by atoms with Crippen LogP contribution in [0.15, 0.2) is 18.2 Å². The third-order valence-corrected chi connectivity index (χ3v) is 2.92. The molecular weight excluding hydrogens is 249 g/mol. The molecule has 0 saturated heterocycles. The molecule has 2 atom stereocenters. The summed E-state index contributed by atoms with van der Waals surface area (Å²) < 4.78 is 5.60. The Labute approximate surface area is 106 Å². The molecular formula is C11H15Cl2NO2. The van der Waals surface area contributed by atoms with Crippen molar-refractivity contribution in [2.24, 2.45) is 0 Å². The van der Waals surface area contributed by atoms with Crippen molar-refractivity contribution in [1.29, 1.82) is 0 Å². The number of hydrogen-bond acceptors (Lipinski definition) is 3. The fraction of sp³-hybridized carbons (Fsp3) is 0.455. The summed E-state index contributed by atoms with van der Waals surface area (Å²) >= 11 is 5.88. The van der Waals surface area contributed by atoms with Crippen LogP contribution in [0.4, 0.5) is 0 Å². The van der Waals surface area contributed by atoms with Gasteiger partial charge >= 0.3 is 0 Å². The summed E-state index contributed by atoms with van der Waals surface area (Å²) in [5, 5.41) is 13.7. The van der Waals surface area contributed by atoms with Gasteiger partial charge in [-0.1, -0.05) is 11.6 Å². The van der Waals surface area contributed by atoms with Crippen LogP contribution in [0.25, 0.3) is 0 Å². The van der Waals surface area contributed by atoms with Gasteiger partial charge in [0.25, 0.3) is 0 Å². The maximum Gasteiger partial charge on any atom is 0.125 e. The van der Waals surface area contributed by atoms with Crippen molar-refractivity contribution in [3.05, 3.63) is 28.8 Å². The molecule has 1 heterocycles. The molecule has 0 aromatic heterocycles. The van der Waals surface area contributed by atoms with Crippen LogP contribution in [-0.4, -0.2) is 24.8 Å². The molecule has 16 heavy (non-hydrogen) atoms. The lowest BCUT2D eigenvalue weighted by atomic mass is 10.0. The molecule has 0 radical (unpaired) electrons. The normalized spacial score (nSPS) is 23.7. The van der Waals surface area contributed by atoms with Crippen molar-refractivity contribution in [3.63, 3.8) is 0 Å². The van der Waals surface area contributed by atoms with Gasteiger partial charge < -0.3 is 15.2 Å². The van der Waals surface area contributed by atoms with Crippen molar-refractivity contribution in [2.45, 2.75) is 18.6 Å². The van der Waals surface area contributed by atoms with E-state index in [1.54, 1.807) is 18.2 Å². The second kappa shape index (κ2) is 5.73. The molecule has 1 aliphatic heterocycles. The fourth-order valence-electron chi connectivity index (χ4n) is 1.77. The van der Waals surface area contributed by atoms with E-state index in [1.807, 2.05) is 7.05 Å². The van der Waals surface area contributed by atoms with E-state index in [9.17, 15) is 5.11 Å². The molecule has 0 aliphatic carbocycles. The first-order valence-electron chi connectivity index (χ1n) is 4.98. The summed E-state index contributed by atoms with van der Waals surface area (Å²) in [5.41, 5.74) is 0.778. The Hall–Kier alpha value is -0.480.